The quantitative estimate of drug-likeness (QED) is 0.654. The molecule has 1 saturated heterocycles. The Bertz CT molecular complexity index is 942. The highest BCUT2D eigenvalue weighted by atomic mass is 16.5. The van der Waals surface area contributed by atoms with Gasteiger partial charge in [-0.15, -0.1) is 0 Å². The number of ether oxygens (including phenoxy) is 1. The number of hydrogen-bond acceptors (Lipinski definition) is 6. The summed E-state index contributed by atoms with van der Waals surface area (Å²) in [6.45, 7) is 3.17. The lowest BCUT2D eigenvalue weighted by Crippen LogP contribution is -2.30. The second-order valence-electron chi connectivity index (χ2n) is 6.86. The van der Waals surface area contributed by atoms with E-state index in [0.717, 1.165) is 24.2 Å². The molecule has 1 aliphatic heterocycles. The normalized spacial score (nSPS) is 16.3. The molecule has 144 valence electrons. The molecule has 1 aliphatic rings. The van der Waals surface area contributed by atoms with Gasteiger partial charge in [-0.25, -0.2) is 0 Å². The van der Waals surface area contributed by atoms with E-state index in [0.29, 0.717) is 36.9 Å². The first kappa shape index (κ1) is 18.2. The van der Waals surface area contributed by atoms with Gasteiger partial charge in [0.15, 0.2) is 5.82 Å². The van der Waals surface area contributed by atoms with Gasteiger partial charge in [0.1, 0.15) is 11.8 Å². The second-order valence-corrected chi connectivity index (χ2v) is 6.86. The van der Waals surface area contributed by atoms with Crippen LogP contribution in [0, 0.1) is 6.92 Å². The highest BCUT2D eigenvalue weighted by Gasteiger charge is 2.34. The summed E-state index contributed by atoms with van der Waals surface area (Å²) in [5.74, 6) is 1.87. The molecule has 2 aromatic heterocycles. The maximum absolute atomic E-state index is 12.8. The molecule has 4 rings (SSSR count). The summed E-state index contributed by atoms with van der Waals surface area (Å²) in [4.78, 5) is 23.1. The lowest BCUT2D eigenvalue weighted by atomic mass is 10.2. The zero-order valence-electron chi connectivity index (χ0n) is 15.7. The highest BCUT2D eigenvalue weighted by Crippen LogP contribution is 2.32. The van der Waals surface area contributed by atoms with E-state index < -0.39 is 0 Å². The number of carbonyl (C=O) groups is 1. The molecule has 3 aromatic rings. The third-order valence-corrected chi connectivity index (χ3v) is 4.79. The van der Waals surface area contributed by atoms with E-state index in [4.69, 9.17) is 9.26 Å². The topological polar surface area (TPSA) is 81.4 Å². The number of pyridine rings is 1. The molecule has 28 heavy (non-hydrogen) atoms. The number of rotatable bonds is 6. The van der Waals surface area contributed by atoms with Crippen LogP contribution in [-0.2, 0) is 6.42 Å². The van der Waals surface area contributed by atoms with Crippen LogP contribution in [-0.4, -0.2) is 39.1 Å². The van der Waals surface area contributed by atoms with Gasteiger partial charge in [-0.2, -0.15) is 4.98 Å². The van der Waals surface area contributed by atoms with Crippen molar-refractivity contribution < 1.29 is 14.1 Å². The van der Waals surface area contributed by atoms with Crippen molar-refractivity contribution in [2.45, 2.75) is 32.2 Å². The first-order valence-corrected chi connectivity index (χ1v) is 9.43. The maximum atomic E-state index is 12.8. The third-order valence-electron chi connectivity index (χ3n) is 4.79. The fourth-order valence-corrected chi connectivity index (χ4v) is 3.40. The van der Waals surface area contributed by atoms with E-state index in [9.17, 15) is 4.79 Å². The number of benzene rings is 1. The highest BCUT2D eigenvalue weighted by molar-refractivity contribution is 5.94. The first-order chi connectivity index (χ1) is 13.7. The van der Waals surface area contributed by atoms with Gasteiger partial charge in [0, 0.05) is 30.9 Å². The molecule has 7 nitrogen and oxygen atoms in total. The molecule has 1 aromatic carbocycles. The van der Waals surface area contributed by atoms with Crippen molar-refractivity contribution in [3.63, 3.8) is 0 Å². The summed E-state index contributed by atoms with van der Waals surface area (Å²) in [5.41, 5.74) is 1.77. The van der Waals surface area contributed by atoms with Crippen LogP contribution in [0.15, 0.2) is 53.3 Å². The van der Waals surface area contributed by atoms with Crippen molar-refractivity contribution in [1.82, 2.24) is 20.0 Å². The smallest absolute Gasteiger partial charge is 0.254 e. The number of amides is 1. The van der Waals surface area contributed by atoms with Gasteiger partial charge in [-0.1, -0.05) is 17.3 Å². The molecule has 1 amide bonds. The van der Waals surface area contributed by atoms with Crippen LogP contribution in [0.3, 0.4) is 0 Å². The van der Waals surface area contributed by atoms with E-state index in [1.165, 1.54) is 0 Å². The van der Waals surface area contributed by atoms with Crippen LogP contribution >= 0.6 is 0 Å². The number of hydrogen-bond donors (Lipinski definition) is 0. The van der Waals surface area contributed by atoms with Gasteiger partial charge < -0.3 is 14.2 Å². The van der Waals surface area contributed by atoms with E-state index >= 15 is 0 Å². The summed E-state index contributed by atoms with van der Waals surface area (Å²) in [6.07, 6.45) is 5.52. The Kier molecular flexibility index (Phi) is 5.32. The van der Waals surface area contributed by atoms with Crippen molar-refractivity contribution in [3.05, 3.63) is 71.6 Å². The number of aromatic nitrogens is 3. The number of carbonyl (C=O) groups excluding carboxylic acids is 1. The zero-order valence-corrected chi connectivity index (χ0v) is 15.7. The summed E-state index contributed by atoms with van der Waals surface area (Å²) in [7, 11) is 0. The van der Waals surface area contributed by atoms with Crippen LogP contribution in [0.25, 0.3) is 0 Å². The molecule has 1 atom stereocenters. The molecule has 0 spiro atoms. The van der Waals surface area contributed by atoms with Crippen molar-refractivity contribution in [2.75, 3.05) is 13.2 Å². The average molecular weight is 378 g/mol. The fourth-order valence-electron chi connectivity index (χ4n) is 3.40. The van der Waals surface area contributed by atoms with Crippen molar-refractivity contribution in [2.24, 2.45) is 0 Å². The van der Waals surface area contributed by atoms with E-state index in [-0.39, 0.29) is 11.9 Å². The van der Waals surface area contributed by atoms with Crippen molar-refractivity contribution in [3.8, 4) is 5.75 Å². The van der Waals surface area contributed by atoms with Crippen LogP contribution in [0.4, 0.5) is 0 Å². The largest absolute Gasteiger partial charge is 0.493 e. The number of aryl methyl sites for hydroxylation is 1. The average Bonchev–Trinajstić information content (AvgIpc) is 3.37. The molecule has 1 fully saturated rings. The SMILES string of the molecule is Cc1cccc(OCCc2noc(C3CCCN3C(=O)c3ccncc3)n2)c1. The molecular weight excluding hydrogens is 356 g/mol. The summed E-state index contributed by atoms with van der Waals surface area (Å²) in [5, 5.41) is 4.06. The minimum atomic E-state index is -0.181. The van der Waals surface area contributed by atoms with E-state index in [1.54, 1.807) is 29.4 Å². The van der Waals surface area contributed by atoms with Crippen LogP contribution < -0.4 is 4.74 Å². The summed E-state index contributed by atoms with van der Waals surface area (Å²) >= 11 is 0. The molecule has 3 heterocycles. The summed E-state index contributed by atoms with van der Waals surface area (Å²) in [6, 6.07) is 11.2. The zero-order chi connectivity index (χ0) is 19.3. The van der Waals surface area contributed by atoms with Crippen LogP contribution in [0.1, 0.15) is 46.5 Å². The van der Waals surface area contributed by atoms with Gasteiger partial charge in [0.2, 0.25) is 5.89 Å². The lowest BCUT2D eigenvalue weighted by molar-refractivity contribution is 0.0710. The Morgan fingerprint density at radius 2 is 2.14 bits per heavy atom. The molecule has 1 unspecified atom stereocenters. The lowest BCUT2D eigenvalue weighted by Gasteiger charge is -2.21. The van der Waals surface area contributed by atoms with Crippen LogP contribution in [0.5, 0.6) is 5.75 Å². The van der Waals surface area contributed by atoms with Crippen molar-refractivity contribution in [1.29, 1.82) is 0 Å². The van der Waals surface area contributed by atoms with Crippen LogP contribution in [0.2, 0.25) is 0 Å². The number of nitrogens with zero attached hydrogens (tertiary/aromatic N) is 4. The Morgan fingerprint density at radius 1 is 1.29 bits per heavy atom. The Morgan fingerprint density at radius 3 is 2.96 bits per heavy atom. The molecule has 0 aliphatic carbocycles. The fraction of sp³-hybridized carbons (Fsp3) is 0.333. The molecule has 0 radical (unpaired) electrons. The minimum Gasteiger partial charge on any atom is -0.493 e. The predicted octanol–water partition coefficient (Wildman–Crippen LogP) is 3.37. The maximum Gasteiger partial charge on any atom is 0.254 e. The van der Waals surface area contributed by atoms with E-state index in [2.05, 4.69) is 15.1 Å². The standard InChI is InChI=1S/C21H22N4O3/c1-15-4-2-5-17(14-15)27-13-9-19-23-20(28-24-19)18-6-3-12-25(18)21(26)16-7-10-22-11-8-16/h2,4-5,7-8,10-11,14,18H,3,6,9,12-13H2,1H3. The monoisotopic (exact) mass is 378 g/mol. The Labute approximate surface area is 163 Å². The van der Waals surface area contributed by atoms with Gasteiger partial charge >= 0.3 is 0 Å². The summed E-state index contributed by atoms with van der Waals surface area (Å²) < 4.78 is 11.2. The molecule has 0 saturated carbocycles. The third kappa shape index (κ3) is 4.03. The van der Waals surface area contributed by atoms with Crippen molar-refractivity contribution >= 4 is 5.91 Å². The predicted molar refractivity (Wildman–Crippen MR) is 102 cm³/mol. The van der Waals surface area contributed by atoms with Gasteiger partial charge in [0.05, 0.1) is 6.61 Å². The molecule has 0 N–H and O–H groups in total. The second kappa shape index (κ2) is 8.21. The first-order valence-electron chi connectivity index (χ1n) is 9.43. The molecule has 7 heteroatoms. The Balaban J connectivity index is 1.38. The van der Waals surface area contributed by atoms with Gasteiger partial charge in [-0.3, -0.25) is 9.78 Å². The van der Waals surface area contributed by atoms with Gasteiger partial charge in [0.25, 0.3) is 5.91 Å². The molecular formula is C21H22N4O3. The Hall–Kier alpha value is -3.22. The number of likely N-dealkylation sites (tertiary alicyclic amines) is 1. The minimum absolute atomic E-state index is 0.0348. The van der Waals surface area contributed by atoms with E-state index in [1.807, 2.05) is 31.2 Å². The molecule has 0 bridgehead atoms. The van der Waals surface area contributed by atoms with Gasteiger partial charge in [-0.05, 0) is 49.6 Å².